The van der Waals surface area contributed by atoms with E-state index in [2.05, 4.69) is 54.4 Å². The Morgan fingerprint density at radius 3 is 2.44 bits per heavy atom. The highest BCUT2D eigenvalue weighted by molar-refractivity contribution is 5.08. The minimum Gasteiger partial charge on any atom is -0.365 e. The molecule has 1 spiro atoms. The maximum atomic E-state index is 4.15. The van der Waals surface area contributed by atoms with Gasteiger partial charge in [-0.1, -0.05) is 6.58 Å². The third-order valence-corrected chi connectivity index (χ3v) is 4.04. The third kappa shape index (κ3) is 1.80. The minimum atomic E-state index is 0.355. The highest BCUT2D eigenvalue weighted by Gasteiger charge is 2.46. The van der Waals surface area contributed by atoms with Gasteiger partial charge in [-0.25, -0.2) is 0 Å². The van der Waals surface area contributed by atoms with E-state index >= 15 is 0 Å². The van der Waals surface area contributed by atoms with Crippen molar-refractivity contribution >= 4 is 0 Å². The normalized spacial score (nSPS) is 31.6. The number of hydrogen-bond acceptors (Lipinski definition) is 4. The molecular formula is C12H24N4. The van der Waals surface area contributed by atoms with Gasteiger partial charge in [-0.15, -0.1) is 0 Å². The number of likely N-dealkylation sites (tertiary alicyclic amines) is 1. The van der Waals surface area contributed by atoms with Crippen LogP contribution in [-0.2, 0) is 0 Å². The standard InChI is InChI=1S/C12H24N4/c1-11(13(2)3)16-7-6-12(9-16)8-14(4)10-15(12)5/h1,6-10H2,2-5H3. The largest absolute Gasteiger partial charge is 0.365 e. The molecule has 0 aromatic heterocycles. The predicted octanol–water partition coefficient (Wildman–Crippen LogP) is 0.298. The van der Waals surface area contributed by atoms with Crippen LogP contribution in [-0.4, -0.2) is 79.6 Å². The quantitative estimate of drug-likeness (QED) is 0.669. The van der Waals surface area contributed by atoms with Crippen LogP contribution in [0.4, 0.5) is 0 Å². The molecule has 0 amide bonds. The van der Waals surface area contributed by atoms with Crippen LogP contribution in [0.3, 0.4) is 0 Å². The Balaban J connectivity index is 2.05. The van der Waals surface area contributed by atoms with Crippen molar-refractivity contribution in [1.82, 2.24) is 19.6 Å². The summed E-state index contributed by atoms with van der Waals surface area (Å²) in [6, 6.07) is 0. The van der Waals surface area contributed by atoms with E-state index < -0.39 is 0 Å². The fourth-order valence-corrected chi connectivity index (χ4v) is 2.99. The Labute approximate surface area is 99.1 Å². The maximum Gasteiger partial charge on any atom is 0.0960 e. The van der Waals surface area contributed by atoms with Gasteiger partial charge in [0.1, 0.15) is 0 Å². The second kappa shape index (κ2) is 3.93. The van der Waals surface area contributed by atoms with E-state index in [0.29, 0.717) is 5.54 Å². The monoisotopic (exact) mass is 224 g/mol. The van der Waals surface area contributed by atoms with Gasteiger partial charge in [-0.2, -0.15) is 0 Å². The molecule has 0 bridgehead atoms. The first-order valence-electron chi connectivity index (χ1n) is 5.96. The molecule has 16 heavy (non-hydrogen) atoms. The third-order valence-electron chi connectivity index (χ3n) is 4.04. The van der Waals surface area contributed by atoms with E-state index in [9.17, 15) is 0 Å². The molecule has 2 heterocycles. The summed E-state index contributed by atoms with van der Waals surface area (Å²) >= 11 is 0. The molecular weight excluding hydrogens is 200 g/mol. The zero-order chi connectivity index (χ0) is 11.9. The van der Waals surface area contributed by atoms with E-state index in [1.807, 2.05) is 0 Å². The van der Waals surface area contributed by atoms with Crippen molar-refractivity contribution in [2.24, 2.45) is 0 Å². The van der Waals surface area contributed by atoms with Gasteiger partial charge in [-0.05, 0) is 20.5 Å². The lowest BCUT2D eigenvalue weighted by molar-refractivity contribution is 0.182. The van der Waals surface area contributed by atoms with Crippen LogP contribution in [0.5, 0.6) is 0 Å². The Morgan fingerprint density at radius 1 is 1.25 bits per heavy atom. The van der Waals surface area contributed by atoms with Gasteiger partial charge in [0.05, 0.1) is 18.0 Å². The Morgan fingerprint density at radius 2 is 1.94 bits per heavy atom. The summed E-state index contributed by atoms with van der Waals surface area (Å²) < 4.78 is 0. The number of nitrogens with zero attached hydrogens (tertiary/aromatic N) is 4. The zero-order valence-corrected chi connectivity index (χ0v) is 11.0. The lowest BCUT2D eigenvalue weighted by atomic mass is 9.99. The second-order valence-corrected chi connectivity index (χ2v) is 5.56. The molecule has 0 radical (unpaired) electrons. The molecule has 2 aliphatic rings. The van der Waals surface area contributed by atoms with Crippen molar-refractivity contribution in [3.05, 3.63) is 12.4 Å². The van der Waals surface area contributed by atoms with Crippen LogP contribution >= 0.6 is 0 Å². The average Bonchev–Trinajstić information content (AvgIpc) is 2.72. The first-order valence-corrected chi connectivity index (χ1v) is 5.96. The van der Waals surface area contributed by atoms with Gasteiger partial charge in [0, 0.05) is 33.7 Å². The molecule has 92 valence electrons. The van der Waals surface area contributed by atoms with Gasteiger partial charge >= 0.3 is 0 Å². The SMILES string of the molecule is C=C(N(C)C)N1CCC2(CN(C)CN2C)C1. The van der Waals surface area contributed by atoms with Crippen LogP contribution in [0.25, 0.3) is 0 Å². The molecule has 2 aliphatic heterocycles. The minimum absolute atomic E-state index is 0.355. The van der Waals surface area contributed by atoms with Gasteiger partial charge in [0.25, 0.3) is 0 Å². The zero-order valence-electron chi connectivity index (χ0n) is 11.0. The fraction of sp³-hybridized carbons (Fsp3) is 0.833. The van der Waals surface area contributed by atoms with Crippen molar-refractivity contribution in [3.8, 4) is 0 Å². The molecule has 0 N–H and O–H groups in total. The summed E-state index contributed by atoms with van der Waals surface area (Å²) in [4.78, 5) is 9.42. The van der Waals surface area contributed by atoms with Crippen molar-refractivity contribution < 1.29 is 0 Å². The second-order valence-electron chi connectivity index (χ2n) is 5.56. The summed E-state index contributed by atoms with van der Waals surface area (Å²) in [6.45, 7) is 8.67. The summed E-state index contributed by atoms with van der Waals surface area (Å²) in [5.41, 5.74) is 0.355. The first-order chi connectivity index (χ1) is 7.44. The summed E-state index contributed by atoms with van der Waals surface area (Å²) in [5, 5.41) is 0. The maximum absolute atomic E-state index is 4.15. The van der Waals surface area contributed by atoms with E-state index in [0.717, 1.165) is 25.6 Å². The molecule has 2 saturated heterocycles. The van der Waals surface area contributed by atoms with Crippen LogP contribution in [0.15, 0.2) is 12.4 Å². The Bertz CT molecular complexity index is 289. The smallest absolute Gasteiger partial charge is 0.0960 e. The van der Waals surface area contributed by atoms with E-state index in [1.54, 1.807) is 0 Å². The van der Waals surface area contributed by atoms with Crippen molar-refractivity contribution in [1.29, 1.82) is 0 Å². The molecule has 4 heteroatoms. The van der Waals surface area contributed by atoms with Gasteiger partial charge in [-0.3, -0.25) is 9.80 Å². The molecule has 0 aromatic rings. The Kier molecular flexibility index (Phi) is 2.88. The van der Waals surface area contributed by atoms with Crippen LogP contribution in [0, 0.1) is 0 Å². The molecule has 2 rings (SSSR count). The van der Waals surface area contributed by atoms with Crippen molar-refractivity contribution in [2.75, 3.05) is 54.5 Å². The number of hydrogen-bond donors (Lipinski definition) is 0. The number of rotatable bonds is 2. The molecule has 2 fully saturated rings. The van der Waals surface area contributed by atoms with E-state index in [-0.39, 0.29) is 0 Å². The number of likely N-dealkylation sites (N-methyl/N-ethyl adjacent to an activating group) is 2. The lowest BCUT2D eigenvalue weighted by Crippen LogP contribution is -2.46. The molecule has 0 saturated carbocycles. The van der Waals surface area contributed by atoms with Crippen LogP contribution in [0.1, 0.15) is 6.42 Å². The highest BCUT2D eigenvalue weighted by Crippen LogP contribution is 2.33. The molecule has 0 aromatic carbocycles. The first kappa shape index (κ1) is 11.7. The van der Waals surface area contributed by atoms with Gasteiger partial charge in [0.2, 0.25) is 0 Å². The summed E-state index contributed by atoms with van der Waals surface area (Å²) in [6.07, 6.45) is 1.25. The van der Waals surface area contributed by atoms with Gasteiger partial charge < -0.3 is 9.80 Å². The average molecular weight is 224 g/mol. The summed E-state index contributed by atoms with van der Waals surface area (Å²) in [5.74, 6) is 1.14. The lowest BCUT2D eigenvalue weighted by Gasteiger charge is -2.33. The predicted molar refractivity (Wildman–Crippen MR) is 67.0 cm³/mol. The van der Waals surface area contributed by atoms with Gasteiger partial charge in [0.15, 0.2) is 0 Å². The molecule has 4 nitrogen and oxygen atoms in total. The molecule has 0 aliphatic carbocycles. The summed E-state index contributed by atoms with van der Waals surface area (Å²) in [7, 11) is 8.58. The van der Waals surface area contributed by atoms with E-state index in [1.165, 1.54) is 13.0 Å². The van der Waals surface area contributed by atoms with Crippen molar-refractivity contribution in [3.63, 3.8) is 0 Å². The van der Waals surface area contributed by atoms with Crippen molar-refractivity contribution in [2.45, 2.75) is 12.0 Å². The van der Waals surface area contributed by atoms with E-state index in [4.69, 9.17) is 0 Å². The van der Waals surface area contributed by atoms with Crippen LogP contribution in [0.2, 0.25) is 0 Å². The molecule has 1 unspecified atom stereocenters. The Hall–Kier alpha value is -0.740. The molecule has 1 atom stereocenters. The van der Waals surface area contributed by atoms with Crippen LogP contribution < -0.4 is 0 Å². The fourth-order valence-electron chi connectivity index (χ4n) is 2.99. The topological polar surface area (TPSA) is 13.0 Å². The highest BCUT2D eigenvalue weighted by atomic mass is 15.4.